The predicted octanol–water partition coefficient (Wildman–Crippen LogP) is 24.3. The number of rotatable bonds is 80. The smallest absolute Gasteiger partial charge is 0.462 e. The molecule has 0 aliphatic heterocycles. The van der Waals surface area contributed by atoms with Crippen molar-refractivity contribution in [3.05, 3.63) is 0 Å². The molecule has 0 rings (SSSR count). The molecule has 0 saturated heterocycles. The molecule has 0 heterocycles. The van der Waals surface area contributed by atoms with E-state index in [0.717, 1.165) is 115 Å². The number of aliphatic hydroxyl groups excluding tert-OH is 1. The molecule has 0 saturated carbocycles. The SMILES string of the molecule is CCCCCCCCCCCCCCCCCCC(=O)O[C@H](COC(=O)CCCCCCCCC)COP(=O)(O)OC[C@H](O)COP(=O)(O)OC[C@@H](COC(=O)CCCCCCCCCCCCCCCCC(C)CC)OC(=O)CCCCCCCCCCCCCCCCCCC(C)C. The van der Waals surface area contributed by atoms with E-state index in [1.807, 2.05) is 0 Å². The van der Waals surface area contributed by atoms with Crippen molar-refractivity contribution in [2.75, 3.05) is 39.6 Å². The first-order chi connectivity index (χ1) is 48.4. The van der Waals surface area contributed by atoms with Crippen LogP contribution in [0.3, 0.4) is 0 Å². The summed E-state index contributed by atoms with van der Waals surface area (Å²) < 4.78 is 68.6. The van der Waals surface area contributed by atoms with Gasteiger partial charge in [0.1, 0.15) is 19.3 Å². The van der Waals surface area contributed by atoms with Crippen molar-refractivity contribution in [3.8, 4) is 0 Å². The molecule has 0 aromatic carbocycles. The van der Waals surface area contributed by atoms with Crippen LogP contribution in [0.5, 0.6) is 0 Å². The molecule has 19 heteroatoms. The highest BCUT2D eigenvalue weighted by Crippen LogP contribution is 2.45. The fourth-order valence-electron chi connectivity index (χ4n) is 12.5. The topological polar surface area (TPSA) is 237 Å². The van der Waals surface area contributed by atoms with Crippen molar-refractivity contribution < 1.29 is 80.2 Å². The number of carbonyl (C=O) groups excluding carboxylic acids is 4. The summed E-state index contributed by atoms with van der Waals surface area (Å²) in [5.74, 6) is -0.453. The molecule has 0 aliphatic rings. The van der Waals surface area contributed by atoms with Gasteiger partial charge >= 0.3 is 39.5 Å². The summed E-state index contributed by atoms with van der Waals surface area (Å²) in [5.41, 5.74) is 0. The van der Waals surface area contributed by atoms with Crippen molar-refractivity contribution in [3.63, 3.8) is 0 Å². The second-order valence-electron chi connectivity index (χ2n) is 29.9. The number of phosphoric acid groups is 2. The first kappa shape index (κ1) is 98.1. The zero-order valence-electron chi connectivity index (χ0n) is 65.5. The Morgan fingerprint density at radius 2 is 0.510 bits per heavy atom. The van der Waals surface area contributed by atoms with Gasteiger partial charge in [-0.2, -0.15) is 0 Å². The molecule has 0 radical (unpaired) electrons. The standard InChI is InChI=1S/C81H158O17P2/c1-7-10-12-14-16-17-18-19-20-24-31-36-41-47-53-59-65-80(85)97-76(69-91-78(83)63-57-51-43-15-13-11-8-2)71-95-99(87,88)93-67-75(82)68-94-100(89,90)96-72-77(70-92-79(84)64-58-52-46-40-35-30-27-26-29-34-39-45-50-56-62-74(6)9-3)98-81(86)66-60-54-48-42-37-32-25-22-21-23-28-33-38-44-49-55-61-73(4)5/h73-77,82H,7-72H2,1-6H3,(H,87,88)(H,89,90)/t74?,75-,76+,77+/m0/s1. The van der Waals surface area contributed by atoms with Gasteiger partial charge in [-0.1, -0.05) is 375 Å². The highest BCUT2D eigenvalue weighted by Gasteiger charge is 2.30. The molecule has 6 atom stereocenters. The van der Waals surface area contributed by atoms with Gasteiger partial charge in [0.05, 0.1) is 26.4 Å². The van der Waals surface area contributed by atoms with Gasteiger partial charge in [-0.05, 0) is 37.5 Å². The number of ether oxygens (including phenoxy) is 4. The number of hydrogen-bond donors (Lipinski definition) is 3. The monoisotopic (exact) mass is 1470 g/mol. The summed E-state index contributed by atoms with van der Waals surface area (Å²) in [5, 5.41) is 10.6. The van der Waals surface area contributed by atoms with Crippen LogP contribution in [-0.2, 0) is 65.4 Å². The minimum Gasteiger partial charge on any atom is -0.462 e. The first-order valence-corrected chi connectivity index (χ1v) is 45.0. The summed E-state index contributed by atoms with van der Waals surface area (Å²) in [6, 6.07) is 0. The van der Waals surface area contributed by atoms with Crippen molar-refractivity contribution in [1.82, 2.24) is 0 Å². The maximum Gasteiger partial charge on any atom is 0.472 e. The Hall–Kier alpha value is -1.94. The minimum atomic E-state index is -4.96. The third-order valence-corrected chi connectivity index (χ3v) is 21.2. The zero-order chi connectivity index (χ0) is 73.5. The third-order valence-electron chi connectivity index (χ3n) is 19.3. The maximum atomic E-state index is 13.1. The molecule has 0 fully saturated rings. The Morgan fingerprint density at radius 3 is 0.760 bits per heavy atom. The van der Waals surface area contributed by atoms with E-state index in [-0.39, 0.29) is 25.7 Å². The lowest BCUT2D eigenvalue weighted by atomic mass is 9.99. The number of hydrogen-bond acceptors (Lipinski definition) is 15. The van der Waals surface area contributed by atoms with Crippen molar-refractivity contribution >= 4 is 39.5 Å². The summed E-state index contributed by atoms with van der Waals surface area (Å²) in [6.45, 7) is 9.69. The minimum absolute atomic E-state index is 0.108. The van der Waals surface area contributed by atoms with Crippen LogP contribution in [0.4, 0.5) is 0 Å². The molecule has 17 nitrogen and oxygen atoms in total. The predicted molar refractivity (Wildman–Crippen MR) is 409 cm³/mol. The third kappa shape index (κ3) is 73.0. The molecule has 3 N–H and O–H groups in total. The van der Waals surface area contributed by atoms with Gasteiger partial charge in [0.2, 0.25) is 0 Å². The number of phosphoric ester groups is 2. The number of unbranched alkanes of at least 4 members (excludes halogenated alkanes) is 49. The van der Waals surface area contributed by atoms with Crippen LogP contribution in [0, 0.1) is 11.8 Å². The van der Waals surface area contributed by atoms with Crippen molar-refractivity contribution in [1.29, 1.82) is 0 Å². The van der Waals surface area contributed by atoms with E-state index in [1.54, 1.807) is 0 Å². The van der Waals surface area contributed by atoms with Gasteiger partial charge < -0.3 is 33.8 Å². The maximum absolute atomic E-state index is 13.1. The highest BCUT2D eigenvalue weighted by atomic mass is 31.2. The van der Waals surface area contributed by atoms with Gasteiger partial charge in [-0.25, -0.2) is 9.13 Å². The Kier molecular flexibility index (Phi) is 71.2. The van der Waals surface area contributed by atoms with E-state index in [9.17, 15) is 43.2 Å². The zero-order valence-corrected chi connectivity index (χ0v) is 67.3. The van der Waals surface area contributed by atoms with Crippen LogP contribution in [0.15, 0.2) is 0 Å². The van der Waals surface area contributed by atoms with E-state index in [1.165, 1.54) is 231 Å². The van der Waals surface area contributed by atoms with Crippen LogP contribution in [-0.4, -0.2) is 96.7 Å². The largest absolute Gasteiger partial charge is 0.472 e. The quantitative estimate of drug-likeness (QED) is 0.0222. The van der Waals surface area contributed by atoms with E-state index in [0.29, 0.717) is 25.7 Å². The second-order valence-corrected chi connectivity index (χ2v) is 32.8. The summed E-state index contributed by atoms with van der Waals surface area (Å²) in [4.78, 5) is 72.9. The van der Waals surface area contributed by atoms with Crippen molar-refractivity contribution in [2.24, 2.45) is 11.8 Å². The molecule has 0 bridgehead atoms. The molecule has 0 aromatic heterocycles. The first-order valence-electron chi connectivity index (χ1n) is 42.0. The molecule has 3 unspecified atom stereocenters. The normalized spacial score (nSPS) is 14.2. The fraction of sp³-hybridized carbons (Fsp3) is 0.951. The van der Waals surface area contributed by atoms with Gasteiger partial charge in [0, 0.05) is 25.7 Å². The van der Waals surface area contributed by atoms with Crippen LogP contribution in [0.2, 0.25) is 0 Å². The van der Waals surface area contributed by atoms with E-state index in [4.69, 9.17) is 37.0 Å². The Balaban J connectivity index is 5.18. The van der Waals surface area contributed by atoms with Gasteiger partial charge in [0.25, 0.3) is 0 Å². The Bertz CT molecular complexity index is 1930. The van der Waals surface area contributed by atoms with Crippen molar-refractivity contribution in [2.45, 2.75) is 445 Å². The average molecular weight is 1470 g/mol. The lowest BCUT2D eigenvalue weighted by molar-refractivity contribution is -0.161. The van der Waals surface area contributed by atoms with Crippen LogP contribution >= 0.6 is 15.6 Å². The number of aliphatic hydroxyl groups is 1. The molecule has 0 spiro atoms. The average Bonchev–Trinajstić information content (AvgIpc) is 0.928. The summed E-state index contributed by atoms with van der Waals surface area (Å²) in [6.07, 6.45) is 62.5. The lowest BCUT2D eigenvalue weighted by Crippen LogP contribution is -2.30. The van der Waals surface area contributed by atoms with Crippen LogP contribution in [0.25, 0.3) is 0 Å². The highest BCUT2D eigenvalue weighted by molar-refractivity contribution is 7.47. The summed E-state index contributed by atoms with van der Waals surface area (Å²) in [7, 11) is -9.91. The van der Waals surface area contributed by atoms with Gasteiger partial charge in [-0.15, -0.1) is 0 Å². The number of carbonyl (C=O) groups is 4. The molecular formula is C81H158O17P2. The molecular weight excluding hydrogens is 1310 g/mol. The van der Waals surface area contributed by atoms with E-state index in [2.05, 4.69) is 41.5 Å². The van der Waals surface area contributed by atoms with Gasteiger partial charge in [-0.3, -0.25) is 37.3 Å². The van der Waals surface area contributed by atoms with Gasteiger partial charge in [0.15, 0.2) is 12.2 Å². The Labute approximate surface area is 613 Å². The second kappa shape index (κ2) is 72.6. The molecule has 0 aliphatic carbocycles. The number of esters is 4. The molecule has 0 amide bonds. The molecule has 0 aromatic rings. The lowest BCUT2D eigenvalue weighted by Gasteiger charge is -2.21. The Morgan fingerprint density at radius 1 is 0.290 bits per heavy atom. The molecule has 594 valence electrons. The summed E-state index contributed by atoms with van der Waals surface area (Å²) >= 11 is 0. The van der Waals surface area contributed by atoms with E-state index < -0.39 is 97.5 Å². The van der Waals surface area contributed by atoms with Crippen LogP contribution < -0.4 is 0 Å². The fourth-order valence-corrected chi connectivity index (χ4v) is 14.1. The van der Waals surface area contributed by atoms with Crippen LogP contribution in [0.1, 0.15) is 427 Å². The van der Waals surface area contributed by atoms with E-state index >= 15 is 0 Å². The molecule has 100 heavy (non-hydrogen) atoms.